The van der Waals surface area contributed by atoms with Gasteiger partial charge in [0.25, 0.3) is 5.87 Å². The first kappa shape index (κ1) is 8.40. The predicted molar refractivity (Wildman–Crippen MR) is 39.4 cm³/mol. The van der Waals surface area contributed by atoms with Gasteiger partial charge in [-0.1, -0.05) is 0 Å². The summed E-state index contributed by atoms with van der Waals surface area (Å²) in [5.41, 5.74) is 0. The van der Waals surface area contributed by atoms with Crippen molar-refractivity contribution in [1.82, 2.24) is 0 Å². The number of carbonyl (C=O) groups is 2. The lowest BCUT2D eigenvalue weighted by Crippen LogP contribution is -2.48. The van der Waals surface area contributed by atoms with Crippen molar-refractivity contribution in [3.05, 3.63) is 5.82 Å². The molecule has 0 aromatic rings. The van der Waals surface area contributed by atoms with Gasteiger partial charge in [-0.2, -0.15) is 0 Å². The van der Waals surface area contributed by atoms with Crippen molar-refractivity contribution in [2.24, 2.45) is 0 Å². The summed E-state index contributed by atoms with van der Waals surface area (Å²) in [7, 11) is 0. The zero-order chi connectivity index (χ0) is 9.64. The van der Waals surface area contributed by atoms with Crippen LogP contribution in [-0.4, -0.2) is 34.9 Å². The summed E-state index contributed by atoms with van der Waals surface area (Å²) in [6.45, 7) is -2.72. The Morgan fingerprint density at radius 2 is 2.38 bits per heavy atom. The van der Waals surface area contributed by atoms with Crippen molar-refractivity contribution in [3.8, 4) is 0 Å². The molecular weight excluding hydrogens is 179 g/mol. The monoisotopic (exact) mass is 186 g/mol. The number of carbonyl (C=O) groups excluding carboxylic acids is 1. The molecule has 70 valence electrons. The number of aliphatic hydroxyl groups is 1. The molecule has 0 amide bonds. The molecule has 2 atom stereocenters. The van der Waals surface area contributed by atoms with Crippen LogP contribution >= 0.6 is 0 Å². The number of hydrogen-bond donors (Lipinski definition) is 2. The maximum atomic E-state index is 10.8. The van der Waals surface area contributed by atoms with Crippen LogP contribution in [0.1, 0.15) is 12.8 Å². The summed E-state index contributed by atoms with van der Waals surface area (Å²) in [5.74, 6) is -1.60. The highest BCUT2D eigenvalue weighted by Crippen LogP contribution is 2.42. The Labute approximate surface area is 73.4 Å². The third kappa shape index (κ3) is 1.01. The molecule has 0 aromatic heterocycles. The fourth-order valence-corrected chi connectivity index (χ4v) is 1.76. The van der Waals surface area contributed by atoms with Crippen molar-refractivity contribution in [1.29, 1.82) is 0 Å². The van der Waals surface area contributed by atoms with Crippen LogP contribution in [0.15, 0.2) is 0 Å². The van der Waals surface area contributed by atoms with Crippen LogP contribution in [0, 0.1) is 5.82 Å². The molecule has 7 heteroatoms. The minimum Gasteiger partial charge on any atom is -0.616 e. The molecule has 2 fully saturated rings. The highest BCUT2D eigenvalue weighted by atomic mass is 16.7. The van der Waals surface area contributed by atoms with E-state index in [2.05, 4.69) is 4.65 Å². The molecule has 0 spiro atoms. The lowest BCUT2D eigenvalue weighted by Gasteiger charge is -2.20. The summed E-state index contributed by atoms with van der Waals surface area (Å²) in [4.78, 5) is 21.6. The topological polar surface area (TPSA) is 93.1 Å². The highest BCUT2D eigenvalue weighted by molar-refractivity contribution is 7.01. The SMILES string of the molecule is O=C1C[C+]2CC(O)O[B-]2(C(=O)O)O1. The van der Waals surface area contributed by atoms with Gasteiger partial charge in [-0.25, -0.2) is 0 Å². The fourth-order valence-electron chi connectivity index (χ4n) is 1.76. The summed E-state index contributed by atoms with van der Waals surface area (Å²) < 4.78 is 9.35. The second kappa shape index (κ2) is 2.40. The van der Waals surface area contributed by atoms with E-state index in [4.69, 9.17) is 14.9 Å². The second-order valence-corrected chi connectivity index (χ2v) is 3.17. The smallest absolute Gasteiger partial charge is 0.609 e. The summed E-state index contributed by atoms with van der Waals surface area (Å²) in [6, 6.07) is 0. The van der Waals surface area contributed by atoms with Crippen molar-refractivity contribution < 1.29 is 29.1 Å². The van der Waals surface area contributed by atoms with Crippen LogP contribution in [0.4, 0.5) is 4.79 Å². The van der Waals surface area contributed by atoms with Gasteiger partial charge in [-0.3, -0.25) is 9.59 Å². The molecule has 2 aliphatic rings. The molecule has 0 bridgehead atoms. The molecule has 6 nitrogen and oxygen atoms in total. The molecular formula is C6H7BO6. The van der Waals surface area contributed by atoms with Gasteiger partial charge >= 0.3 is 12.5 Å². The number of aliphatic hydroxyl groups excluding tert-OH is 1. The highest BCUT2D eigenvalue weighted by Gasteiger charge is 2.68. The van der Waals surface area contributed by atoms with E-state index in [0.717, 1.165) is 0 Å². The zero-order valence-electron chi connectivity index (χ0n) is 6.60. The molecule has 2 unspecified atom stereocenters. The van der Waals surface area contributed by atoms with Crippen LogP contribution < -0.4 is 0 Å². The van der Waals surface area contributed by atoms with E-state index in [-0.39, 0.29) is 12.8 Å². The van der Waals surface area contributed by atoms with E-state index < -0.39 is 24.7 Å². The fraction of sp³-hybridized carbons (Fsp3) is 0.500. The number of fused-ring (bicyclic) bond motifs is 1. The van der Waals surface area contributed by atoms with E-state index >= 15 is 0 Å². The average molecular weight is 186 g/mol. The largest absolute Gasteiger partial charge is 0.616 e. The lowest BCUT2D eigenvalue weighted by molar-refractivity contribution is -0.135. The molecule has 2 aliphatic heterocycles. The van der Waals surface area contributed by atoms with Gasteiger partial charge in [0.1, 0.15) is 6.42 Å². The van der Waals surface area contributed by atoms with E-state index in [1.807, 2.05) is 0 Å². The van der Waals surface area contributed by atoms with Gasteiger partial charge in [0.05, 0.1) is 6.42 Å². The first-order valence-corrected chi connectivity index (χ1v) is 3.85. The molecule has 2 heterocycles. The molecule has 2 saturated heterocycles. The Balaban J connectivity index is 2.31. The van der Waals surface area contributed by atoms with E-state index in [1.54, 1.807) is 0 Å². The summed E-state index contributed by atoms with van der Waals surface area (Å²) in [6.07, 6.45) is -1.17. The zero-order valence-corrected chi connectivity index (χ0v) is 6.60. The maximum Gasteiger partial charge on any atom is 0.609 e. The van der Waals surface area contributed by atoms with Crippen LogP contribution in [0.5, 0.6) is 0 Å². The third-order valence-electron chi connectivity index (χ3n) is 2.32. The predicted octanol–water partition coefficient (Wildman–Crippen LogP) is -0.512. The minimum absolute atomic E-state index is 0.0661. The van der Waals surface area contributed by atoms with Gasteiger partial charge in [-0.05, 0) is 5.82 Å². The van der Waals surface area contributed by atoms with Crippen LogP contribution in [0.2, 0.25) is 0 Å². The number of carboxylic acid groups (broad SMARTS) is 1. The van der Waals surface area contributed by atoms with Crippen molar-refractivity contribution in [2.45, 2.75) is 19.1 Å². The van der Waals surface area contributed by atoms with Crippen molar-refractivity contribution >= 4 is 18.4 Å². The van der Waals surface area contributed by atoms with Gasteiger partial charge in [-0.15, -0.1) is 0 Å². The first-order chi connectivity index (χ1) is 6.04. The lowest BCUT2D eigenvalue weighted by atomic mass is 9.49. The van der Waals surface area contributed by atoms with E-state index in [0.29, 0.717) is 5.82 Å². The molecule has 0 radical (unpaired) electrons. The molecule has 0 aromatic carbocycles. The Morgan fingerprint density at radius 3 is 2.92 bits per heavy atom. The van der Waals surface area contributed by atoms with Gasteiger partial charge in [0, 0.05) is 0 Å². The molecule has 13 heavy (non-hydrogen) atoms. The Morgan fingerprint density at radius 1 is 1.69 bits per heavy atom. The number of rotatable bonds is 1. The Kier molecular flexibility index (Phi) is 1.55. The van der Waals surface area contributed by atoms with Gasteiger partial charge < -0.3 is 19.5 Å². The molecule has 0 saturated carbocycles. The Bertz CT molecular complexity index is 278. The average Bonchev–Trinajstić information content (AvgIpc) is 2.40. The maximum absolute atomic E-state index is 10.8. The quantitative estimate of drug-likeness (QED) is 0.423. The standard InChI is InChI=1S/C6H7BO6/c8-4-1-3-2-5(9)13-7(3,12-4)6(10)11/h4,8H,1-2H2,(H,10,11). The van der Waals surface area contributed by atoms with Crippen LogP contribution in [0.3, 0.4) is 0 Å². The Hall–Kier alpha value is -1.21. The molecule has 0 aliphatic carbocycles. The minimum atomic E-state index is -2.72. The van der Waals surface area contributed by atoms with Gasteiger partial charge in [0.2, 0.25) is 0 Å². The normalized spacial score (nSPS) is 37.5. The van der Waals surface area contributed by atoms with E-state index in [9.17, 15) is 9.59 Å². The second-order valence-electron chi connectivity index (χ2n) is 3.17. The van der Waals surface area contributed by atoms with Crippen molar-refractivity contribution in [2.75, 3.05) is 0 Å². The van der Waals surface area contributed by atoms with Crippen molar-refractivity contribution in [3.63, 3.8) is 0 Å². The van der Waals surface area contributed by atoms with E-state index in [1.165, 1.54) is 0 Å². The summed E-state index contributed by atoms with van der Waals surface area (Å²) >= 11 is 0. The van der Waals surface area contributed by atoms with Crippen LogP contribution in [-0.2, 0) is 14.1 Å². The number of hydrogen-bond acceptors (Lipinski definition) is 5. The third-order valence-corrected chi connectivity index (χ3v) is 2.32. The molecule has 2 N–H and O–H groups in total. The summed E-state index contributed by atoms with van der Waals surface area (Å²) in [5, 5.41) is 17.9. The first-order valence-electron chi connectivity index (χ1n) is 3.85. The van der Waals surface area contributed by atoms with Crippen LogP contribution in [0.25, 0.3) is 0 Å². The van der Waals surface area contributed by atoms with Gasteiger partial charge in [0.15, 0.2) is 6.29 Å². The molecule has 2 rings (SSSR count).